The van der Waals surface area contributed by atoms with Gasteiger partial charge in [-0.3, -0.25) is 0 Å². The molecular formula is C22H27ClF2N4O2. The summed E-state index contributed by atoms with van der Waals surface area (Å²) in [5, 5.41) is 12.8. The Morgan fingerprint density at radius 3 is 2.74 bits per heavy atom. The summed E-state index contributed by atoms with van der Waals surface area (Å²) in [6, 6.07) is 2.86. The molecule has 1 saturated carbocycles. The minimum atomic E-state index is -0.763. The number of halogens is 3. The number of fused-ring (bicyclic) bond motifs is 1. The standard InChI is InChI=1S/C20H21ClF2N4O2.C2H6/c21-18-17(16-6-12-3-11(7-22)5-15(23)14(12)9-29-16)19(27-20(24)26-18)25-13-2-1-10(4-13)8-28;1-2/h3,5-6,10,13,28H,1-2,4,7-9H2,(H3,24,25,26,27);1-2H3. The van der Waals surface area contributed by atoms with Crippen LogP contribution in [0.4, 0.5) is 20.5 Å². The quantitative estimate of drug-likeness (QED) is 0.556. The number of alkyl halides is 1. The lowest BCUT2D eigenvalue weighted by molar-refractivity contribution is 0.229. The molecule has 1 aliphatic carbocycles. The van der Waals surface area contributed by atoms with Gasteiger partial charge in [-0.05, 0) is 54.5 Å². The van der Waals surface area contributed by atoms with E-state index in [1.165, 1.54) is 6.07 Å². The van der Waals surface area contributed by atoms with Crippen LogP contribution in [-0.4, -0.2) is 27.7 Å². The van der Waals surface area contributed by atoms with Crippen LogP contribution >= 0.6 is 11.6 Å². The molecule has 1 aliphatic heterocycles. The Balaban J connectivity index is 0.00000132. The highest BCUT2D eigenvalue weighted by Crippen LogP contribution is 2.38. The van der Waals surface area contributed by atoms with Gasteiger partial charge in [0.2, 0.25) is 5.95 Å². The topological polar surface area (TPSA) is 93.3 Å². The summed E-state index contributed by atoms with van der Waals surface area (Å²) < 4.78 is 33.0. The molecule has 2 unspecified atom stereocenters. The van der Waals surface area contributed by atoms with Crippen molar-refractivity contribution in [3.8, 4) is 0 Å². The zero-order valence-electron chi connectivity index (χ0n) is 17.6. The van der Waals surface area contributed by atoms with Crippen LogP contribution in [0.2, 0.25) is 5.15 Å². The van der Waals surface area contributed by atoms with Crippen molar-refractivity contribution in [2.75, 3.05) is 17.7 Å². The molecule has 0 bridgehead atoms. The average Bonchev–Trinajstić information content (AvgIpc) is 3.22. The van der Waals surface area contributed by atoms with Crippen molar-refractivity contribution in [3.05, 3.63) is 45.4 Å². The van der Waals surface area contributed by atoms with Gasteiger partial charge in [-0.25, -0.2) is 13.8 Å². The van der Waals surface area contributed by atoms with Gasteiger partial charge in [-0.1, -0.05) is 25.4 Å². The van der Waals surface area contributed by atoms with Gasteiger partial charge in [0.25, 0.3) is 0 Å². The van der Waals surface area contributed by atoms with Crippen LogP contribution in [0.3, 0.4) is 0 Å². The first-order valence-corrected chi connectivity index (χ1v) is 10.8. The number of hydrogen-bond donors (Lipinski definition) is 3. The van der Waals surface area contributed by atoms with E-state index in [0.29, 0.717) is 28.3 Å². The molecule has 9 heteroatoms. The van der Waals surface area contributed by atoms with Crippen molar-refractivity contribution in [2.24, 2.45) is 5.92 Å². The van der Waals surface area contributed by atoms with Crippen molar-refractivity contribution in [1.82, 2.24) is 9.97 Å². The number of nitrogens with two attached hydrogens (primary N) is 1. The molecule has 2 aliphatic rings. The monoisotopic (exact) mass is 452 g/mol. The fourth-order valence-corrected chi connectivity index (χ4v) is 4.16. The Morgan fingerprint density at radius 2 is 2.06 bits per heavy atom. The summed E-state index contributed by atoms with van der Waals surface area (Å²) in [7, 11) is 0. The number of nitrogens with zero attached hydrogens (tertiary/aromatic N) is 2. The van der Waals surface area contributed by atoms with Crippen molar-refractivity contribution in [2.45, 2.75) is 52.4 Å². The van der Waals surface area contributed by atoms with Gasteiger partial charge < -0.3 is 20.9 Å². The second kappa shape index (κ2) is 10.2. The lowest BCUT2D eigenvalue weighted by Crippen LogP contribution is -2.20. The van der Waals surface area contributed by atoms with E-state index in [-0.39, 0.29) is 41.8 Å². The summed E-state index contributed by atoms with van der Waals surface area (Å²) in [5.74, 6) is 0.523. The van der Waals surface area contributed by atoms with E-state index in [4.69, 9.17) is 22.1 Å². The number of hydrogen-bond acceptors (Lipinski definition) is 6. The van der Waals surface area contributed by atoms with Crippen LogP contribution in [0.15, 0.2) is 12.1 Å². The Labute approximate surface area is 185 Å². The first-order chi connectivity index (χ1) is 15.0. The predicted octanol–water partition coefficient (Wildman–Crippen LogP) is 4.95. The third-order valence-corrected chi connectivity index (χ3v) is 5.65. The van der Waals surface area contributed by atoms with Crippen LogP contribution in [-0.2, 0) is 18.0 Å². The smallest absolute Gasteiger partial charge is 0.223 e. The maximum Gasteiger partial charge on any atom is 0.223 e. The molecule has 0 saturated heterocycles. The number of nitrogen functional groups attached to an aromatic ring is 1. The van der Waals surface area contributed by atoms with E-state index >= 15 is 0 Å². The van der Waals surface area contributed by atoms with Gasteiger partial charge in [0, 0.05) is 18.2 Å². The number of benzene rings is 1. The van der Waals surface area contributed by atoms with Crippen LogP contribution in [0, 0.1) is 11.7 Å². The fraction of sp³-hybridized carbons (Fsp3) is 0.455. The van der Waals surface area contributed by atoms with Gasteiger partial charge >= 0.3 is 0 Å². The number of aromatic nitrogens is 2. The molecule has 0 spiro atoms. The van der Waals surface area contributed by atoms with E-state index in [0.717, 1.165) is 19.3 Å². The zero-order valence-corrected chi connectivity index (χ0v) is 18.3. The predicted molar refractivity (Wildman–Crippen MR) is 119 cm³/mol. The van der Waals surface area contributed by atoms with Crippen LogP contribution < -0.4 is 11.1 Å². The molecule has 1 fully saturated rings. The second-order valence-electron chi connectivity index (χ2n) is 7.38. The molecule has 0 amide bonds. The highest BCUT2D eigenvalue weighted by molar-refractivity contribution is 6.31. The third-order valence-electron chi connectivity index (χ3n) is 5.37. The van der Waals surface area contributed by atoms with Crippen molar-refractivity contribution < 1.29 is 18.6 Å². The van der Waals surface area contributed by atoms with Crippen LogP contribution in [0.25, 0.3) is 11.8 Å². The largest absolute Gasteiger partial charge is 0.488 e. The van der Waals surface area contributed by atoms with E-state index in [1.807, 2.05) is 13.8 Å². The Morgan fingerprint density at radius 1 is 1.29 bits per heavy atom. The summed E-state index contributed by atoms with van der Waals surface area (Å²) in [6.07, 6.45) is 4.19. The van der Waals surface area contributed by atoms with Crippen molar-refractivity contribution >= 4 is 35.2 Å². The second-order valence-corrected chi connectivity index (χ2v) is 7.73. The Kier molecular flexibility index (Phi) is 7.67. The van der Waals surface area contributed by atoms with E-state index in [1.54, 1.807) is 12.1 Å². The first kappa shape index (κ1) is 23.2. The zero-order chi connectivity index (χ0) is 22.5. The molecule has 1 aromatic carbocycles. The Bertz CT molecular complexity index is 971. The first-order valence-electron chi connectivity index (χ1n) is 10.4. The number of ether oxygens (including phenoxy) is 1. The molecule has 2 atom stereocenters. The van der Waals surface area contributed by atoms with Gasteiger partial charge in [0.05, 0.1) is 5.56 Å². The third kappa shape index (κ3) is 5.07. The summed E-state index contributed by atoms with van der Waals surface area (Å²) in [5.41, 5.74) is 7.33. The highest BCUT2D eigenvalue weighted by atomic mass is 35.5. The number of nitrogens with one attached hydrogen (secondary N) is 1. The molecule has 31 heavy (non-hydrogen) atoms. The molecule has 2 heterocycles. The van der Waals surface area contributed by atoms with Crippen molar-refractivity contribution in [1.29, 1.82) is 0 Å². The average molecular weight is 453 g/mol. The van der Waals surface area contributed by atoms with E-state index in [9.17, 15) is 13.9 Å². The lowest BCUT2D eigenvalue weighted by atomic mass is 10.00. The van der Waals surface area contributed by atoms with Crippen LogP contribution in [0.5, 0.6) is 0 Å². The SMILES string of the molecule is CC.Nc1nc(Cl)c(C2=Cc3cc(CF)cc(F)c3CO2)c(NC2CCC(CO)C2)n1. The van der Waals surface area contributed by atoms with Gasteiger partial charge in [-0.2, -0.15) is 4.98 Å². The number of aliphatic hydroxyl groups excluding tert-OH is 1. The number of anilines is 2. The van der Waals surface area contributed by atoms with Gasteiger partial charge in [0.1, 0.15) is 35.8 Å². The Hall–Kier alpha value is -2.45. The van der Waals surface area contributed by atoms with Crippen LogP contribution in [0.1, 0.15) is 55.4 Å². The number of rotatable bonds is 5. The molecule has 2 aromatic rings. The maximum atomic E-state index is 14.2. The highest BCUT2D eigenvalue weighted by Gasteiger charge is 2.28. The fourth-order valence-electron chi connectivity index (χ4n) is 3.89. The van der Waals surface area contributed by atoms with E-state index in [2.05, 4.69) is 15.3 Å². The van der Waals surface area contributed by atoms with Gasteiger partial charge in [-0.15, -0.1) is 0 Å². The molecular weight excluding hydrogens is 426 g/mol. The molecule has 0 radical (unpaired) electrons. The maximum absolute atomic E-state index is 14.2. The van der Waals surface area contributed by atoms with E-state index < -0.39 is 12.5 Å². The summed E-state index contributed by atoms with van der Waals surface area (Å²) in [4.78, 5) is 8.30. The van der Waals surface area contributed by atoms with Crippen molar-refractivity contribution in [3.63, 3.8) is 0 Å². The molecule has 6 nitrogen and oxygen atoms in total. The summed E-state index contributed by atoms with van der Waals surface area (Å²) >= 11 is 6.36. The molecule has 4 rings (SSSR count). The normalized spacial score (nSPS) is 19.6. The molecule has 168 valence electrons. The summed E-state index contributed by atoms with van der Waals surface area (Å²) in [6.45, 7) is 3.36. The molecule has 1 aromatic heterocycles. The minimum absolute atomic E-state index is 0.0144. The molecule has 4 N–H and O–H groups in total. The lowest BCUT2D eigenvalue weighted by Gasteiger charge is -2.23. The number of aliphatic hydroxyl groups is 1. The van der Waals surface area contributed by atoms with Gasteiger partial charge in [0.15, 0.2) is 0 Å². The minimum Gasteiger partial charge on any atom is -0.488 e.